The number of hydrogen-bond donors (Lipinski definition) is 0. The second-order valence-electron chi connectivity index (χ2n) is 2.22. The fraction of sp³-hybridized carbons (Fsp3) is 0.143. The zero-order valence-electron chi connectivity index (χ0n) is 6.03. The van der Waals surface area contributed by atoms with Crippen molar-refractivity contribution in [2.24, 2.45) is 0 Å². The van der Waals surface area contributed by atoms with Crippen LogP contribution in [0, 0.1) is 0 Å². The average molecular weight is 292 g/mol. The molecule has 0 aromatic heterocycles. The number of halogens is 5. The van der Waals surface area contributed by atoms with Crippen LogP contribution in [0.25, 0.3) is 0 Å². The standard InChI is InChI=1S/C7H3BrClF3S/c8-5-2-1-4(7(10,11)12)3-6(5)13-9/h1-3H. The van der Waals surface area contributed by atoms with Gasteiger partial charge in [-0.1, -0.05) is 0 Å². The summed E-state index contributed by atoms with van der Waals surface area (Å²) in [4.78, 5) is 0.358. The van der Waals surface area contributed by atoms with Crippen molar-refractivity contribution < 1.29 is 13.2 Å². The first-order valence-corrected chi connectivity index (χ1v) is 5.54. The lowest BCUT2D eigenvalue weighted by Crippen LogP contribution is -2.04. The van der Waals surface area contributed by atoms with E-state index in [0.717, 1.165) is 23.1 Å². The average Bonchev–Trinajstić information content (AvgIpc) is 2.03. The molecule has 0 saturated carbocycles. The molecule has 0 N–H and O–H groups in total. The van der Waals surface area contributed by atoms with Crippen molar-refractivity contribution in [3.8, 4) is 0 Å². The zero-order valence-corrected chi connectivity index (χ0v) is 9.19. The summed E-state index contributed by atoms with van der Waals surface area (Å²) in [5, 5.41) is 0. The van der Waals surface area contributed by atoms with Crippen molar-refractivity contribution in [2.75, 3.05) is 0 Å². The Balaban J connectivity index is 3.14. The highest BCUT2D eigenvalue weighted by molar-refractivity contribution is 9.10. The van der Waals surface area contributed by atoms with Gasteiger partial charge in [-0.3, -0.25) is 0 Å². The molecule has 13 heavy (non-hydrogen) atoms. The van der Waals surface area contributed by atoms with E-state index >= 15 is 0 Å². The summed E-state index contributed by atoms with van der Waals surface area (Å²) in [6.45, 7) is 0. The van der Waals surface area contributed by atoms with E-state index in [1.54, 1.807) is 0 Å². The molecule has 0 nitrogen and oxygen atoms in total. The maximum absolute atomic E-state index is 12.2. The van der Waals surface area contributed by atoms with Crippen LogP contribution in [0.4, 0.5) is 13.2 Å². The monoisotopic (exact) mass is 290 g/mol. The van der Waals surface area contributed by atoms with Gasteiger partial charge in [0.15, 0.2) is 0 Å². The quantitative estimate of drug-likeness (QED) is 0.722. The summed E-state index contributed by atoms with van der Waals surface area (Å²) in [6, 6.07) is 3.33. The summed E-state index contributed by atoms with van der Waals surface area (Å²) in [7, 11) is 6.12. The lowest BCUT2D eigenvalue weighted by Gasteiger charge is -2.07. The molecule has 1 aromatic rings. The molecule has 0 heterocycles. The first-order valence-electron chi connectivity index (χ1n) is 3.10. The number of hydrogen-bond acceptors (Lipinski definition) is 1. The predicted molar refractivity (Wildman–Crippen MR) is 50.9 cm³/mol. The third-order valence-corrected chi connectivity index (χ3v) is 3.30. The molecule has 0 aliphatic carbocycles. The molecule has 0 saturated heterocycles. The van der Waals surface area contributed by atoms with Gasteiger partial charge in [0.05, 0.1) is 5.56 Å². The summed E-state index contributed by atoms with van der Waals surface area (Å²) >= 11 is 3.08. The van der Waals surface area contributed by atoms with Gasteiger partial charge in [0.25, 0.3) is 0 Å². The number of alkyl halides is 3. The molecule has 0 fully saturated rings. The van der Waals surface area contributed by atoms with Crippen LogP contribution in [-0.4, -0.2) is 0 Å². The van der Waals surface area contributed by atoms with Crippen molar-refractivity contribution in [3.05, 3.63) is 28.2 Å². The van der Waals surface area contributed by atoms with E-state index in [-0.39, 0.29) is 0 Å². The molecule has 0 amide bonds. The maximum Gasteiger partial charge on any atom is 0.416 e. The molecule has 0 atom stereocenters. The van der Waals surface area contributed by atoms with Crippen LogP contribution in [0.3, 0.4) is 0 Å². The molecule has 0 radical (unpaired) electrons. The lowest BCUT2D eigenvalue weighted by molar-refractivity contribution is -0.137. The van der Waals surface area contributed by atoms with Crippen LogP contribution in [0.1, 0.15) is 5.56 Å². The maximum atomic E-state index is 12.2. The van der Waals surface area contributed by atoms with E-state index in [4.69, 9.17) is 10.7 Å². The molecule has 0 aliphatic heterocycles. The second kappa shape index (κ2) is 4.11. The Hall–Kier alpha value is 0.130. The molecule has 0 spiro atoms. The van der Waals surface area contributed by atoms with Crippen LogP contribution in [0.15, 0.2) is 27.6 Å². The Morgan fingerprint density at radius 2 is 1.92 bits per heavy atom. The molecule has 0 bridgehead atoms. The number of benzene rings is 1. The van der Waals surface area contributed by atoms with E-state index in [0.29, 0.717) is 9.37 Å². The van der Waals surface area contributed by atoms with E-state index < -0.39 is 11.7 Å². The Bertz CT molecular complexity index is 313. The molecule has 1 aromatic carbocycles. The molecular weight excluding hydrogens is 288 g/mol. The topological polar surface area (TPSA) is 0 Å². The third kappa shape index (κ3) is 2.79. The van der Waals surface area contributed by atoms with Crippen LogP contribution in [-0.2, 0) is 6.18 Å². The minimum absolute atomic E-state index is 0.358. The fourth-order valence-corrected chi connectivity index (χ4v) is 2.20. The van der Waals surface area contributed by atoms with Crippen molar-refractivity contribution in [2.45, 2.75) is 11.1 Å². The Morgan fingerprint density at radius 1 is 1.31 bits per heavy atom. The smallest absolute Gasteiger partial charge is 0.166 e. The fourth-order valence-electron chi connectivity index (χ4n) is 0.739. The molecule has 72 valence electrons. The minimum atomic E-state index is -4.32. The molecule has 1 rings (SSSR count). The third-order valence-electron chi connectivity index (χ3n) is 1.34. The van der Waals surface area contributed by atoms with Crippen LogP contribution in [0.5, 0.6) is 0 Å². The van der Waals surface area contributed by atoms with Gasteiger partial charge in [-0.05, 0) is 55.8 Å². The van der Waals surface area contributed by atoms with Gasteiger partial charge in [-0.2, -0.15) is 13.2 Å². The summed E-state index contributed by atoms with van der Waals surface area (Å²) in [5.74, 6) is 0. The van der Waals surface area contributed by atoms with E-state index in [1.165, 1.54) is 6.07 Å². The van der Waals surface area contributed by atoms with Gasteiger partial charge >= 0.3 is 6.18 Å². The van der Waals surface area contributed by atoms with Gasteiger partial charge in [0.1, 0.15) is 0 Å². The van der Waals surface area contributed by atoms with Gasteiger partial charge in [-0.15, -0.1) is 0 Å². The van der Waals surface area contributed by atoms with Gasteiger partial charge in [0, 0.05) is 9.37 Å². The summed E-state index contributed by atoms with van der Waals surface area (Å²) < 4.78 is 37.1. The number of rotatable bonds is 1. The predicted octanol–water partition coefficient (Wildman–Crippen LogP) is 4.71. The second-order valence-corrected chi connectivity index (χ2v) is 4.13. The van der Waals surface area contributed by atoms with E-state index in [1.807, 2.05) is 0 Å². The first-order chi connectivity index (χ1) is 5.95. The molecule has 0 unspecified atom stereocenters. The largest absolute Gasteiger partial charge is 0.416 e. The van der Waals surface area contributed by atoms with Gasteiger partial charge < -0.3 is 0 Å². The lowest BCUT2D eigenvalue weighted by atomic mass is 10.2. The Kier molecular flexibility index (Phi) is 3.54. The highest BCUT2D eigenvalue weighted by Crippen LogP contribution is 2.36. The Labute approximate surface area is 90.1 Å². The Morgan fingerprint density at radius 3 is 2.38 bits per heavy atom. The van der Waals surface area contributed by atoms with Crippen molar-refractivity contribution in [1.82, 2.24) is 0 Å². The summed E-state index contributed by atoms with van der Waals surface area (Å²) in [5.41, 5.74) is -0.696. The van der Waals surface area contributed by atoms with Crippen molar-refractivity contribution in [1.29, 1.82) is 0 Å². The normalized spacial score (nSPS) is 11.8. The zero-order chi connectivity index (χ0) is 10.1. The van der Waals surface area contributed by atoms with Crippen LogP contribution >= 0.6 is 37.6 Å². The van der Waals surface area contributed by atoms with E-state index in [2.05, 4.69) is 15.9 Å². The SMILES string of the molecule is FC(F)(F)c1ccc(Br)c(SCl)c1. The van der Waals surface area contributed by atoms with Gasteiger partial charge in [0.2, 0.25) is 0 Å². The molecule has 0 aliphatic rings. The molecule has 6 heteroatoms. The van der Waals surface area contributed by atoms with Crippen LogP contribution in [0.2, 0.25) is 0 Å². The van der Waals surface area contributed by atoms with Crippen LogP contribution < -0.4 is 0 Å². The first kappa shape index (κ1) is 11.2. The molecular formula is C7H3BrClF3S. The van der Waals surface area contributed by atoms with E-state index in [9.17, 15) is 13.2 Å². The minimum Gasteiger partial charge on any atom is -0.166 e. The van der Waals surface area contributed by atoms with Crippen molar-refractivity contribution in [3.63, 3.8) is 0 Å². The van der Waals surface area contributed by atoms with Gasteiger partial charge in [-0.25, -0.2) is 0 Å². The van der Waals surface area contributed by atoms with Crippen molar-refractivity contribution >= 4 is 37.6 Å². The highest BCUT2D eigenvalue weighted by Gasteiger charge is 2.30. The highest BCUT2D eigenvalue weighted by atomic mass is 79.9. The summed E-state index contributed by atoms with van der Waals surface area (Å²) in [6.07, 6.45) is -4.32.